The number of carbonyl (C=O) groups excluding carboxylic acids is 2. The number of hydrogen-bond acceptors (Lipinski definition) is 5. The van der Waals surface area contributed by atoms with Crippen LogP contribution in [0, 0.1) is 0 Å². The Labute approximate surface area is 222 Å². The zero-order valence-corrected chi connectivity index (χ0v) is 21.6. The van der Waals surface area contributed by atoms with Gasteiger partial charge in [-0.1, -0.05) is 43.5 Å². The van der Waals surface area contributed by atoms with Gasteiger partial charge in [-0.2, -0.15) is 0 Å². The van der Waals surface area contributed by atoms with E-state index >= 15 is 0 Å². The Morgan fingerprint density at radius 3 is 2.42 bits per heavy atom. The van der Waals surface area contributed by atoms with Crippen molar-refractivity contribution in [2.45, 2.75) is 38.1 Å². The second-order valence-corrected chi connectivity index (χ2v) is 10.8. The minimum absolute atomic E-state index is 0.204. The summed E-state index contributed by atoms with van der Waals surface area (Å²) in [5.74, 6) is -0.409. The van der Waals surface area contributed by atoms with Crippen LogP contribution in [-0.2, 0) is 4.74 Å². The highest BCUT2D eigenvalue weighted by molar-refractivity contribution is 6.27. The first-order valence-electron chi connectivity index (χ1n) is 13.9. The van der Waals surface area contributed by atoms with E-state index in [1.165, 1.54) is 37.0 Å². The average molecular weight is 509 g/mol. The average Bonchev–Trinajstić information content (AvgIpc) is 3.40. The molecule has 0 spiro atoms. The Kier molecular flexibility index (Phi) is 5.98. The number of amides is 2. The number of imidazole rings is 1. The summed E-state index contributed by atoms with van der Waals surface area (Å²) in [5.41, 5.74) is 5.47. The summed E-state index contributed by atoms with van der Waals surface area (Å²) >= 11 is 0. The third kappa shape index (κ3) is 3.92. The van der Waals surface area contributed by atoms with Crippen LogP contribution in [0.2, 0.25) is 0 Å². The maximum atomic E-state index is 13.5. The molecule has 0 N–H and O–H groups in total. The molecule has 1 aromatic heterocycles. The van der Waals surface area contributed by atoms with E-state index in [2.05, 4.69) is 32.7 Å². The van der Waals surface area contributed by atoms with Crippen LogP contribution in [0.1, 0.15) is 58.9 Å². The standard InChI is InChI=1S/C31H32N4O3/c36-30-25-8-4-7-24-23(21-9-12-27-28(19-21)35(20-32-27)22-5-2-1-3-6-22)10-11-26(29(24)25)31(37)34(30)14-13-33-15-17-38-18-16-33/h4,7-12,19-20,22H,1-3,5-6,13-18H2. The maximum Gasteiger partial charge on any atom is 0.261 e. The monoisotopic (exact) mass is 508 g/mol. The molecule has 3 aliphatic rings. The molecule has 7 rings (SSSR count). The van der Waals surface area contributed by atoms with E-state index in [9.17, 15) is 9.59 Å². The Morgan fingerprint density at radius 1 is 0.842 bits per heavy atom. The molecule has 1 saturated heterocycles. The Morgan fingerprint density at radius 2 is 1.61 bits per heavy atom. The Bertz CT molecular complexity index is 1520. The number of hydrogen-bond donors (Lipinski definition) is 0. The van der Waals surface area contributed by atoms with E-state index in [1.54, 1.807) is 0 Å². The molecule has 0 atom stereocenters. The number of fused-ring (bicyclic) bond motifs is 1. The summed E-state index contributed by atoms with van der Waals surface area (Å²) < 4.78 is 7.78. The first-order chi connectivity index (χ1) is 18.7. The molecular formula is C31H32N4O3. The van der Waals surface area contributed by atoms with Gasteiger partial charge in [-0.05, 0) is 53.6 Å². The summed E-state index contributed by atoms with van der Waals surface area (Å²) in [6.45, 7) is 4.10. The quantitative estimate of drug-likeness (QED) is 0.343. The van der Waals surface area contributed by atoms with Crippen molar-refractivity contribution in [3.05, 3.63) is 66.0 Å². The molecule has 0 radical (unpaired) electrons. The van der Waals surface area contributed by atoms with Gasteiger partial charge in [-0.3, -0.25) is 19.4 Å². The van der Waals surface area contributed by atoms with Gasteiger partial charge in [0.15, 0.2) is 0 Å². The number of carbonyl (C=O) groups is 2. The number of benzene rings is 3. The molecular weight excluding hydrogens is 476 g/mol. The van der Waals surface area contributed by atoms with Crippen molar-refractivity contribution in [3.8, 4) is 11.1 Å². The molecule has 0 unspecified atom stereocenters. The third-order valence-electron chi connectivity index (χ3n) is 8.59. The fourth-order valence-corrected chi connectivity index (χ4v) is 6.51. The zero-order valence-electron chi connectivity index (χ0n) is 21.6. The number of ether oxygens (including phenoxy) is 1. The van der Waals surface area contributed by atoms with Gasteiger partial charge in [-0.25, -0.2) is 4.98 Å². The Hall–Kier alpha value is -3.55. The van der Waals surface area contributed by atoms with Crippen molar-refractivity contribution in [3.63, 3.8) is 0 Å². The lowest BCUT2D eigenvalue weighted by molar-refractivity contribution is 0.0316. The molecule has 7 heteroatoms. The molecule has 1 aliphatic carbocycles. The Balaban J connectivity index is 1.26. The van der Waals surface area contributed by atoms with Gasteiger partial charge >= 0.3 is 0 Å². The van der Waals surface area contributed by atoms with Crippen LogP contribution in [0.4, 0.5) is 0 Å². The first kappa shape index (κ1) is 23.6. The third-order valence-corrected chi connectivity index (χ3v) is 8.59. The van der Waals surface area contributed by atoms with Gasteiger partial charge in [0.25, 0.3) is 11.8 Å². The minimum atomic E-state index is -0.204. The van der Waals surface area contributed by atoms with Crippen LogP contribution in [0.3, 0.4) is 0 Å². The zero-order chi connectivity index (χ0) is 25.6. The molecule has 7 nitrogen and oxygen atoms in total. The lowest BCUT2D eigenvalue weighted by Crippen LogP contribution is -2.46. The van der Waals surface area contributed by atoms with E-state index in [0.717, 1.165) is 46.0 Å². The van der Waals surface area contributed by atoms with Gasteiger partial charge < -0.3 is 9.30 Å². The highest BCUT2D eigenvalue weighted by Gasteiger charge is 2.33. The number of aromatic nitrogens is 2. The van der Waals surface area contributed by atoms with Gasteiger partial charge in [-0.15, -0.1) is 0 Å². The van der Waals surface area contributed by atoms with Crippen molar-refractivity contribution >= 4 is 33.6 Å². The van der Waals surface area contributed by atoms with Crippen LogP contribution in [0.5, 0.6) is 0 Å². The lowest BCUT2D eigenvalue weighted by Gasteiger charge is -2.31. The lowest BCUT2D eigenvalue weighted by atomic mass is 9.89. The van der Waals surface area contributed by atoms with Gasteiger partial charge in [0.2, 0.25) is 0 Å². The maximum absolute atomic E-state index is 13.5. The van der Waals surface area contributed by atoms with Gasteiger partial charge in [0.05, 0.1) is 30.6 Å². The number of nitrogens with zero attached hydrogens (tertiary/aromatic N) is 4. The summed E-state index contributed by atoms with van der Waals surface area (Å²) in [6, 6.07) is 16.7. The number of morpholine rings is 1. The van der Waals surface area contributed by atoms with Crippen LogP contribution >= 0.6 is 0 Å². The minimum Gasteiger partial charge on any atom is -0.379 e. The molecule has 194 valence electrons. The van der Waals surface area contributed by atoms with Crippen molar-refractivity contribution in [2.75, 3.05) is 39.4 Å². The van der Waals surface area contributed by atoms with E-state index in [4.69, 9.17) is 4.74 Å². The molecule has 3 heterocycles. The predicted molar refractivity (Wildman–Crippen MR) is 147 cm³/mol. The highest BCUT2D eigenvalue weighted by Crippen LogP contribution is 2.38. The molecule has 38 heavy (non-hydrogen) atoms. The second kappa shape index (κ2) is 9.64. The van der Waals surface area contributed by atoms with Crippen molar-refractivity contribution in [1.29, 1.82) is 0 Å². The van der Waals surface area contributed by atoms with Crippen LogP contribution in [0.25, 0.3) is 32.9 Å². The van der Waals surface area contributed by atoms with Crippen molar-refractivity contribution in [2.24, 2.45) is 0 Å². The number of rotatable bonds is 5. The SMILES string of the molecule is O=C1c2cccc3c(-c4ccc5ncn(C6CCCCC6)c5c4)ccc(c23)C(=O)N1CCN1CCOCC1. The molecule has 1 saturated carbocycles. The number of imide groups is 1. The molecule has 0 bridgehead atoms. The molecule has 2 amide bonds. The van der Waals surface area contributed by atoms with Crippen LogP contribution in [0.15, 0.2) is 54.9 Å². The van der Waals surface area contributed by atoms with Gasteiger partial charge in [0, 0.05) is 48.7 Å². The van der Waals surface area contributed by atoms with E-state index in [-0.39, 0.29) is 11.8 Å². The van der Waals surface area contributed by atoms with Crippen molar-refractivity contribution in [1.82, 2.24) is 19.4 Å². The molecule has 4 aromatic rings. The van der Waals surface area contributed by atoms with E-state index < -0.39 is 0 Å². The van der Waals surface area contributed by atoms with E-state index in [0.29, 0.717) is 43.5 Å². The fourth-order valence-electron chi connectivity index (χ4n) is 6.51. The highest BCUT2D eigenvalue weighted by atomic mass is 16.5. The summed E-state index contributed by atoms with van der Waals surface area (Å²) in [5, 5.41) is 1.71. The fraction of sp³-hybridized carbons (Fsp3) is 0.387. The van der Waals surface area contributed by atoms with E-state index in [1.807, 2.05) is 36.7 Å². The summed E-state index contributed by atoms with van der Waals surface area (Å²) in [6.07, 6.45) is 8.24. The normalized spacial score (nSPS) is 19.1. The first-order valence-corrected chi connectivity index (χ1v) is 13.9. The van der Waals surface area contributed by atoms with Crippen molar-refractivity contribution < 1.29 is 14.3 Å². The van der Waals surface area contributed by atoms with Gasteiger partial charge in [0.1, 0.15) is 0 Å². The summed E-state index contributed by atoms with van der Waals surface area (Å²) in [7, 11) is 0. The smallest absolute Gasteiger partial charge is 0.261 e. The van der Waals surface area contributed by atoms with Crippen LogP contribution in [-0.4, -0.2) is 70.6 Å². The summed E-state index contributed by atoms with van der Waals surface area (Å²) in [4.78, 5) is 35.4. The second-order valence-electron chi connectivity index (χ2n) is 10.8. The van der Waals surface area contributed by atoms with Crippen LogP contribution < -0.4 is 0 Å². The molecule has 2 aliphatic heterocycles. The topological polar surface area (TPSA) is 67.7 Å². The largest absolute Gasteiger partial charge is 0.379 e. The molecule has 3 aromatic carbocycles. The molecule has 2 fully saturated rings. The predicted octanol–water partition coefficient (Wildman–Crippen LogP) is 5.29.